The minimum atomic E-state index is 0.522. The van der Waals surface area contributed by atoms with Crippen molar-refractivity contribution in [3.63, 3.8) is 0 Å². The topological polar surface area (TPSA) is 77.0 Å². The van der Waals surface area contributed by atoms with Crippen LogP contribution in [0.4, 0.5) is 0 Å². The van der Waals surface area contributed by atoms with Gasteiger partial charge in [-0.05, 0) is 37.6 Å². The molecule has 29 heavy (non-hydrogen) atoms. The number of hydrogen-bond acceptors (Lipinski definition) is 5. The highest BCUT2D eigenvalue weighted by molar-refractivity contribution is 5.79. The third kappa shape index (κ3) is 8.83. The number of pyridine rings is 1. The normalized spacial score (nSPS) is 11.2. The van der Waals surface area contributed by atoms with Crippen molar-refractivity contribution < 1.29 is 14.2 Å². The molecule has 2 N–H and O–H groups in total. The molecule has 0 saturated heterocycles. The van der Waals surface area contributed by atoms with Crippen LogP contribution in [0.25, 0.3) is 0 Å². The van der Waals surface area contributed by atoms with Crippen LogP contribution in [0, 0.1) is 6.92 Å². The predicted molar refractivity (Wildman–Crippen MR) is 116 cm³/mol. The Hall–Kier alpha value is -2.80. The first-order valence-electron chi connectivity index (χ1n) is 9.99. The fraction of sp³-hybridized carbons (Fsp3) is 0.455. The molecule has 0 fully saturated rings. The second-order valence-corrected chi connectivity index (χ2v) is 6.47. The second-order valence-electron chi connectivity index (χ2n) is 6.47. The van der Waals surface area contributed by atoms with Gasteiger partial charge in [-0.3, -0.25) is 4.98 Å². The summed E-state index contributed by atoms with van der Waals surface area (Å²) in [6.07, 6.45) is 4.28. The van der Waals surface area contributed by atoms with Crippen molar-refractivity contribution in [1.29, 1.82) is 0 Å². The zero-order chi connectivity index (χ0) is 20.7. The molecule has 2 aromatic rings. The van der Waals surface area contributed by atoms with E-state index in [1.165, 1.54) is 0 Å². The molecule has 0 atom stereocenters. The molecule has 0 aliphatic heterocycles. The van der Waals surface area contributed by atoms with Gasteiger partial charge in [-0.2, -0.15) is 0 Å². The van der Waals surface area contributed by atoms with E-state index in [0.717, 1.165) is 41.6 Å². The van der Waals surface area contributed by atoms with Gasteiger partial charge < -0.3 is 24.8 Å². The van der Waals surface area contributed by atoms with E-state index in [1.807, 2.05) is 19.1 Å². The fourth-order valence-corrected chi connectivity index (χ4v) is 2.59. The molecule has 0 spiro atoms. The molecule has 158 valence electrons. The van der Waals surface area contributed by atoms with Gasteiger partial charge in [0.25, 0.3) is 0 Å². The molecule has 0 amide bonds. The summed E-state index contributed by atoms with van der Waals surface area (Å²) in [6.45, 7) is 7.88. The molecule has 1 heterocycles. The zero-order valence-electron chi connectivity index (χ0n) is 17.6. The number of guanidine groups is 1. The first kappa shape index (κ1) is 22.5. The highest BCUT2D eigenvalue weighted by atomic mass is 16.5. The summed E-state index contributed by atoms with van der Waals surface area (Å²) >= 11 is 0. The first-order chi connectivity index (χ1) is 14.2. The molecule has 0 radical (unpaired) electrons. The van der Waals surface area contributed by atoms with Crippen molar-refractivity contribution in [1.82, 2.24) is 15.6 Å². The van der Waals surface area contributed by atoms with E-state index in [4.69, 9.17) is 14.2 Å². The lowest BCUT2D eigenvalue weighted by atomic mass is 10.1. The van der Waals surface area contributed by atoms with E-state index in [9.17, 15) is 0 Å². The molecular weight excluding hydrogens is 368 g/mol. The molecule has 1 aromatic heterocycles. The predicted octanol–water partition coefficient (Wildman–Crippen LogP) is 2.94. The van der Waals surface area contributed by atoms with Crippen LogP contribution < -0.4 is 20.1 Å². The average molecular weight is 401 g/mol. The summed E-state index contributed by atoms with van der Waals surface area (Å²) in [5.41, 5.74) is 2.22. The monoisotopic (exact) mass is 400 g/mol. The number of methoxy groups -OCH3 is 1. The van der Waals surface area contributed by atoms with Gasteiger partial charge in [-0.25, -0.2) is 4.99 Å². The number of nitrogens with one attached hydrogen (secondary N) is 2. The van der Waals surface area contributed by atoms with Gasteiger partial charge in [0.05, 0.1) is 25.9 Å². The molecule has 2 rings (SSSR count). The zero-order valence-corrected chi connectivity index (χ0v) is 17.6. The van der Waals surface area contributed by atoms with E-state index in [-0.39, 0.29) is 0 Å². The molecule has 0 aliphatic carbocycles. The second kappa shape index (κ2) is 13.4. The van der Waals surface area contributed by atoms with Gasteiger partial charge >= 0.3 is 0 Å². The lowest BCUT2D eigenvalue weighted by Crippen LogP contribution is -2.39. The summed E-state index contributed by atoms with van der Waals surface area (Å²) in [7, 11) is 1.70. The van der Waals surface area contributed by atoms with Crippen LogP contribution in [0.1, 0.15) is 24.5 Å². The number of rotatable bonds is 12. The van der Waals surface area contributed by atoms with Gasteiger partial charge in [0.1, 0.15) is 18.1 Å². The van der Waals surface area contributed by atoms with Gasteiger partial charge in [0.2, 0.25) is 0 Å². The Morgan fingerprint density at radius 1 is 1.10 bits per heavy atom. The molecular formula is C22H32N4O3. The number of ether oxygens (including phenoxy) is 3. The Kier molecular flexibility index (Phi) is 10.4. The Labute approximate surface area is 173 Å². The molecule has 0 bridgehead atoms. The minimum Gasteiger partial charge on any atom is -0.493 e. The number of benzene rings is 1. The first-order valence-corrected chi connectivity index (χ1v) is 9.99. The molecule has 0 unspecified atom stereocenters. The average Bonchev–Trinajstić information content (AvgIpc) is 2.74. The fourth-order valence-electron chi connectivity index (χ4n) is 2.59. The summed E-state index contributed by atoms with van der Waals surface area (Å²) in [5, 5.41) is 6.54. The molecule has 1 aromatic carbocycles. The number of aliphatic imine (C=N–C) groups is 1. The lowest BCUT2D eigenvalue weighted by Gasteiger charge is -2.14. The van der Waals surface area contributed by atoms with Crippen LogP contribution in [0.5, 0.6) is 11.5 Å². The van der Waals surface area contributed by atoms with Crippen LogP contribution in [-0.4, -0.2) is 51.0 Å². The van der Waals surface area contributed by atoms with E-state index in [1.54, 1.807) is 19.5 Å². The minimum absolute atomic E-state index is 0.522. The number of aromatic nitrogens is 1. The van der Waals surface area contributed by atoms with E-state index < -0.39 is 0 Å². The van der Waals surface area contributed by atoms with Gasteiger partial charge in [-0.1, -0.05) is 12.1 Å². The third-order valence-corrected chi connectivity index (χ3v) is 4.02. The van der Waals surface area contributed by atoms with Crippen LogP contribution in [0.15, 0.2) is 47.7 Å². The largest absolute Gasteiger partial charge is 0.493 e. The molecule has 7 nitrogen and oxygen atoms in total. The van der Waals surface area contributed by atoms with E-state index in [0.29, 0.717) is 32.9 Å². The summed E-state index contributed by atoms with van der Waals surface area (Å²) in [6, 6.07) is 9.94. The molecule has 0 saturated carbocycles. The van der Waals surface area contributed by atoms with Crippen molar-refractivity contribution in [2.75, 3.05) is 40.0 Å². The summed E-state index contributed by atoms with van der Waals surface area (Å²) in [4.78, 5) is 8.72. The maximum Gasteiger partial charge on any atom is 0.191 e. The Bertz CT molecular complexity index is 738. The van der Waals surface area contributed by atoms with E-state index >= 15 is 0 Å². The maximum absolute atomic E-state index is 5.94. The van der Waals surface area contributed by atoms with Gasteiger partial charge in [-0.15, -0.1) is 0 Å². The van der Waals surface area contributed by atoms with Gasteiger partial charge in [0.15, 0.2) is 5.96 Å². The van der Waals surface area contributed by atoms with Crippen molar-refractivity contribution in [2.45, 2.75) is 26.8 Å². The lowest BCUT2D eigenvalue weighted by molar-refractivity contribution is 0.172. The van der Waals surface area contributed by atoms with Crippen LogP contribution in [0.3, 0.4) is 0 Å². The Morgan fingerprint density at radius 3 is 2.76 bits per heavy atom. The van der Waals surface area contributed by atoms with E-state index in [2.05, 4.69) is 45.7 Å². The summed E-state index contributed by atoms with van der Waals surface area (Å²) < 4.78 is 16.7. The van der Waals surface area contributed by atoms with Crippen molar-refractivity contribution in [3.8, 4) is 11.5 Å². The van der Waals surface area contributed by atoms with Gasteiger partial charge in [0, 0.05) is 38.4 Å². The summed E-state index contributed by atoms with van der Waals surface area (Å²) in [5.74, 6) is 2.37. The maximum atomic E-state index is 5.94. The highest BCUT2D eigenvalue weighted by Gasteiger charge is 2.05. The Balaban J connectivity index is 1.89. The smallest absolute Gasteiger partial charge is 0.191 e. The molecule has 0 aliphatic rings. The third-order valence-electron chi connectivity index (χ3n) is 4.02. The number of aryl methyl sites for hydroxylation is 1. The Morgan fingerprint density at radius 2 is 2.00 bits per heavy atom. The van der Waals surface area contributed by atoms with Crippen molar-refractivity contribution >= 4 is 5.96 Å². The standard InChI is InChI=1S/C22H32N4O3/c1-4-24-22(25-11-14-28-20-7-5-10-23-17-20)26-16-19-9-8-18(2)15-21(19)29-13-6-12-27-3/h5,7-10,15,17H,4,6,11-14,16H2,1-3H3,(H2,24,25,26). The highest BCUT2D eigenvalue weighted by Crippen LogP contribution is 2.21. The quantitative estimate of drug-likeness (QED) is 0.324. The van der Waals surface area contributed by atoms with Crippen molar-refractivity contribution in [2.24, 2.45) is 4.99 Å². The SMILES string of the molecule is CCNC(=NCc1ccc(C)cc1OCCCOC)NCCOc1cccnc1. The number of hydrogen-bond donors (Lipinski definition) is 2. The molecule has 7 heteroatoms. The van der Waals surface area contributed by atoms with Crippen LogP contribution in [0.2, 0.25) is 0 Å². The number of nitrogens with zero attached hydrogens (tertiary/aromatic N) is 2. The van der Waals surface area contributed by atoms with Crippen LogP contribution in [-0.2, 0) is 11.3 Å². The van der Waals surface area contributed by atoms with Crippen molar-refractivity contribution in [3.05, 3.63) is 53.9 Å². The van der Waals surface area contributed by atoms with Crippen LogP contribution >= 0.6 is 0 Å².